The zero-order valence-corrected chi connectivity index (χ0v) is 16.6. The van der Waals surface area contributed by atoms with E-state index in [1.54, 1.807) is 0 Å². The Morgan fingerprint density at radius 3 is 1.58 bits per heavy atom. The molecule has 0 saturated carbocycles. The number of nitrogens with zero attached hydrogens (tertiary/aromatic N) is 2. The van der Waals surface area contributed by atoms with Crippen LogP contribution in [-0.2, 0) is 9.59 Å². The average molecular weight is 546 g/mol. The van der Waals surface area contributed by atoms with Crippen LogP contribution in [-0.4, -0.2) is 24.2 Å². The predicted octanol–water partition coefficient (Wildman–Crippen LogP) is 2.50. The van der Waals surface area contributed by atoms with Crippen LogP contribution in [0.15, 0.2) is 58.7 Å². The largest absolute Gasteiger partial charge is 0.331 e. The monoisotopic (exact) mass is 546 g/mol. The number of nitrogens with one attached hydrogen (secondary N) is 2. The van der Waals surface area contributed by atoms with Crippen molar-refractivity contribution in [2.24, 2.45) is 10.2 Å². The van der Waals surface area contributed by atoms with Crippen LogP contribution >= 0.6 is 45.2 Å². The van der Waals surface area contributed by atoms with E-state index in [0.29, 0.717) is 0 Å². The summed E-state index contributed by atoms with van der Waals surface area (Å²) < 4.78 is 2.09. The summed E-state index contributed by atoms with van der Waals surface area (Å²) in [5.41, 5.74) is 5.94. The first-order valence-corrected chi connectivity index (χ1v) is 8.88. The molecule has 0 aliphatic heterocycles. The molecule has 0 aliphatic carbocycles. The molecule has 2 N–H and O–H groups in total. The molecule has 8 heteroatoms. The van der Waals surface area contributed by atoms with Crippen molar-refractivity contribution in [3.63, 3.8) is 0 Å². The number of benzene rings is 2. The number of hydrogen-bond acceptors (Lipinski definition) is 4. The molecule has 0 aliphatic rings. The maximum absolute atomic E-state index is 11.6. The molecular weight excluding hydrogens is 534 g/mol. The fourth-order valence-electron chi connectivity index (χ4n) is 1.61. The molecule has 0 fully saturated rings. The molecule has 0 atom stereocenters. The number of halogens is 2. The highest BCUT2D eigenvalue weighted by Crippen LogP contribution is 2.06. The fourth-order valence-corrected chi connectivity index (χ4v) is 2.74. The highest BCUT2D eigenvalue weighted by atomic mass is 127. The molecule has 2 aromatic carbocycles. The van der Waals surface area contributed by atoms with E-state index in [2.05, 4.69) is 66.2 Å². The molecular formula is C16H12I2N4O2. The Labute approximate surface area is 166 Å². The Morgan fingerprint density at radius 2 is 1.21 bits per heavy atom. The summed E-state index contributed by atoms with van der Waals surface area (Å²) in [6, 6.07) is 15.1. The van der Waals surface area contributed by atoms with Crippen LogP contribution in [0.5, 0.6) is 0 Å². The van der Waals surface area contributed by atoms with Gasteiger partial charge >= 0.3 is 11.8 Å². The number of carbonyl (C=O) groups excluding carboxylic acids is 2. The summed E-state index contributed by atoms with van der Waals surface area (Å²) in [7, 11) is 0. The maximum atomic E-state index is 11.6. The average Bonchev–Trinajstić information content (AvgIpc) is 2.55. The second-order valence-electron chi connectivity index (χ2n) is 4.51. The number of hydrogen-bond donors (Lipinski definition) is 2. The Morgan fingerprint density at radius 1 is 0.792 bits per heavy atom. The van der Waals surface area contributed by atoms with E-state index in [-0.39, 0.29) is 0 Å². The topological polar surface area (TPSA) is 82.9 Å². The molecule has 2 amide bonds. The van der Waals surface area contributed by atoms with Crippen LogP contribution < -0.4 is 10.9 Å². The first kappa shape index (κ1) is 18.5. The third-order valence-corrected chi connectivity index (χ3v) is 4.00. The number of amides is 2. The molecule has 0 bridgehead atoms. The molecule has 0 saturated heterocycles. The van der Waals surface area contributed by atoms with Crippen LogP contribution in [0.2, 0.25) is 0 Å². The van der Waals surface area contributed by atoms with E-state index < -0.39 is 11.8 Å². The van der Waals surface area contributed by atoms with Crippen molar-refractivity contribution < 1.29 is 9.59 Å². The van der Waals surface area contributed by atoms with Crippen LogP contribution in [0, 0.1) is 7.14 Å². The quantitative estimate of drug-likeness (QED) is 0.268. The minimum Gasteiger partial charge on any atom is -0.262 e. The van der Waals surface area contributed by atoms with E-state index in [9.17, 15) is 9.59 Å². The lowest BCUT2D eigenvalue weighted by Gasteiger charge is -1.99. The van der Waals surface area contributed by atoms with Gasteiger partial charge in [-0.3, -0.25) is 9.59 Å². The normalized spacial score (nSPS) is 10.9. The first-order valence-electron chi connectivity index (χ1n) is 6.72. The second kappa shape index (κ2) is 9.47. The highest BCUT2D eigenvalue weighted by Gasteiger charge is 2.10. The lowest BCUT2D eigenvalue weighted by atomic mass is 10.2. The van der Waals surface area contributed by atoms with Gasteiger partial charge in [0.15, 0.2) is 0 Å². The van der Waals surface area contributed by atoms with Crippen molar-refractivity contribution in [3.8, 4) is 0 Å². The van der Waals surface area contributed by atoms with Crippen molar-refractivity contribution in [2.45, 2.75) is 0 Å². The summed E-state index contributed by atoms with van der Waals surface area (Å²) in [5.74, 6) is -1.78. The van der Waals surface area contributed by atoms with Gasteiger partial charge < -0.3 is 0 Å². The van der Waals surface area contributed by atoms with E-state index >= 15 is 0 Å². The molecule has 2 rings (SSSR count). The van der Waals surface area contributed by atoms with Gasteiger partial charge in [0.25, 0.3) is 0 Å². The van der Waals surface area contributed by atoms with E-state index in [1.165, 1.54) is 12.4 Å². The minimum absolute atomic E-state index is 0.819. The van der Waals surface area contributed by atoms with Crippen LogP contribution in [0.4, 0.5) is 0 Å². The van der Waals surface area contributed by atoms with Gasteiger partial charge in [-0.25, -0.2) is 10.9 Å². The van der Waals surface area contributed by atoms with Crippen molar-refractivity contribution in [1.82, 2.24) is 10.9 Å². The van der Waals surface area contributed by atoms with Gasteiger partial charge in [-0.05, 0) is 80.6 Å². The van der Waals surface area contributed by atoms with Crippen LogP contribution in [0.25, 0.3) is 0 Å². The summed E-state index contributed by atoms with van der Waals surface area (Å²) in [6.45, 7) is 0. The van der Waals surface area contributed by atoms with Gasteiger partial charge in [-0.15, -0.1) is 0 Å². The summed E-state index contributed by atoms with van der Waals surface area (Å²) in [6.07, 6.45) is 2.92. The Bertz CT molecular complexity index is 739. The molecule has 0 unspecified atom stereocenters. The van der Waals surface area contributed by atoms with Crippen LogP contribution in [0.3, 0.4) is 0 Å². The highest BCUT2D eigenvalue weighted by molar-refractivity contribution is 14.1. The Balaban J connectivity index is 1.83. The van der Waals surface area contributed by atoms with Crippen molar-refractivity contribution in [3.05, 3.63) is 66.8 Å². The minimum atomic E-state index is -0.892. The van der Waals surface area contributed by atoms with Gasteiger partial charge in [-0.1, -0.05) is 24.3 Å². The number of hydrazone groups is 2. The molecule has 24 heavy (non-hydrogen) atoms. The Hall–Kier alpha value is -1.82. The van der Waals surface area contributed by atoms with Gasteiger partial charge in [0.05, 0.1) is 12.4 Å². The third kappa shape index (κ3) is 6.35. The lowest BCUT2D eigenvalue weighted by Crippen LogP contribution is -2.35. The molecule has 2 aromatic rings. The SMILES string of the molecule is O=C(N/N=C/c1cccc(I)c1)C(=O)N/N=C/c1cccc(I)c1. The number of rotatable bonds is 4. The fraction of sp³-hybridized carbons (Fsp3) is 0. The first-order chi connectivity index (χ1) is 11.5. The van der Waals surface area contributed by atoms with Crippen molar-refractivity contribution >= 4 is 69.4 Å². The zero-order valence-electron chi connectivity index (χ0n) is 12.2. The molecule has 6 nitrogen and oxygen atoms in total. The lowest BCUT2D eigenvalue weighted by molar-refractivity contribution is -0.139. The van der Waals surface area contributed by atoms with Gasteiger partial charge in [0, 0.05) is 7.14 Å². The maximum Gasteiger partial charge on any atom is 0.331 e. The van der Waals surface area contributed by atoms with Gasteiger partial charge in [0.1, 0.15) is 0 Å². The summed E-state index contributed by atoms with van der Waals surface area (Å²) in [5, 5.41) is 7.48. The zero-order chi connectivity index (χ0) is 17.4. The van der Waals surface area contributed by atoms with Gasteiger partial charge in [-0.2, -0.15) is 10.2 Å². The second-order valence-corrected chi connectivity index (χ2v) is 7.00. The van der Waals surface area contributed by atoms with Crippen LogP contribution in [0.1, 0.15) is 11.1 Å². The van der Waals surface area contributed by atoms with E-state index in [0.717, 1.165) is 18.3 Å². The third-order valence-electron chi connectivity index (χ3n) is 2.66. The molecule has 0 radical (unpaired) electrons. The summed E-state index contributed by atoms with van der Waals surface area (Å²) >= 11 is 4.35. The van der Waals surface area contributed by atoms with E-state index in [1.807, 2.05) is 48.5 Å². The van der Waals surface area contributed by atoms with Crippen molar-refractivity contribution in [1.29, 1.82) is 0 Å². The van der Waals surface area contributed by atoms with Gasteiger partial charge in [0.2, 0.25) is 0 Å². The number of carbonyl (C=O) groups is 2. The predicted molar refractivity (Wildman–Crippen MR) is 110 cm³/mol. The standard InChI is InChI=1S/C16H12I2N4O2/c17-13-5-1-3-11(7-13)9-19-21-15(23)16(24)22-20-10-12-4-2-6-14(18)8-12/h1-10H,(H,21,23)(H,22,24)/b19-9+,20-10+. The van der Waals surface area contributed by atoms with E-state index in [4.69, 9.17) is 0 Å². The smallest absolute Gasteiger partial charge is 0.262 e. The molecule has 0 heterocycles. The Kier molecular flexibility index (Phi) is 7.31. The summed E-state index contributed by atoms with van der Waals surface area (Å²) in [4.78, 5) is 23.2. The van der Waals surface area contributed by atoms with Crippen molar-refractivity contribution in [2.75, 3.05) is 0 Å². The molecule has 0 spiro atoms. The molecule has 0 aromatic heterocycles. The molecule has 122 valence electrons.